The van der Waals surface area contributed by atoms with Crippen LogP contribution in [0.5, 0.6) is 5.75 Å². The lowest BCUT2D eigenvalue weighted by Gasteiger charge is -2.22. The molecule has 0 radical (unpaired) electrons. The summed E-state index contributed by atoms with van der Waals surface area (Å²) < 4.78 is 69.0. The van der Waals surface area contributed by atoms with Crippen LogP contribution >= 0.6 is 0 Å². The van der Waals surface area contributed by atoms with Crippen molar-refractivity contribution in [2.45, 2.75) is 6.18 Å². The summed E-state index contributed by atoms with van der Waals surface area (Å²) in [7, 11) is -4.08. The summed E-state index contributed by atoms with van der Waals surface area (Å²) in [5, 5.41) is 3.73. The Kier molecular flexibility index (Phi) is 8.10. The van der Waals surface area contributed by atoms with Gasteiger partial charge in [-0.25, -0.2) is 18.6 Å². The lowest BCUT2D eigenvalue weighted by atomic mass is 10.2. The Morgan fingerprint density at radius 2 is 1.67 bits per heavy atom. The van der Waals surface area contributed by atoms with Crippen LogP contribution in [0, 0.1) is 0 Å². The Morgan fingerprint density at radius 1 is 1.00 bits per heavy atom. The molecule has 0 unspecified atom stereocenters. The smallest absolute Gasteiger partial charge is 0.416 e. The van der Waals surface area contributed by atoms with Gasteiger partial charge in [-0.3, -0.25) is 9.10 Å². The molecular weight excluding hydrogens is 499 g/mol. The summed E-state index contributed by atoms with van der Waals surface area (Å²) in [6.45, 7) is -0.786. The third kappa shape index (κ3) is 7.40. The molecule has 0 fully saturated rings. The van der Waals surface area contributed by atoms with Gasteiger partial charge in [-0.05, 0) is 60.2 Å². The van der Waals surface area contributed by atoms with Crippen LogP contribution in [0.15, 0.2) is 84.0 Å². The number of alkyl halides is 3. The molecule has 3 aromatic rings. The standard InChI is InChI=1S/C24H20F3N3O5S/c1-36(33,34)30(20-9-5-8-19(14-20)24(25,26)27)16-22(31)29-28-15-17-10-12-21(13-11-17)35-23(32)18-6-3-2-4-7-18/h2-15H,16H2,1H3,(H,29,31). The van der Waals surface area contributed by atoms with Gasteiger partial charge < -0.3 is 4.74 Å². The maximum Gasteiger partial charge on any atom is 0.416 e. The zero-order valence-corrected chi connectivity index (χ0v) is 19.6. The van der Waals surface area contributed by atoms with Gasteiger partial charge in [0.1, 0.15) is 12.3 Å². The van der Waals surface area contributed by atoms with Crippen molar-refractivity contribution in [3.63, 3.8) is 0 Å². The number of hydrogen-bond donors (Lipinski definition) is 1. The minimum Gasteiger partial charge on any atom is -0.423 e. The fourth-order valence-corrected chi connectivity index (χ4v) is 3.79. The molecule has 0 atom stereocenters. The molecule has 1 amide bonds. The number of halogens is 3. The SMILES string of the molecule is CS(=O)(=O)N(CC(=O)NN=Cc1ccc(OC(=O)c2ccccc2)cc1)c1cccc(C(F)(F)F)c1. The zero-order chi connectivity index (χ0) is 26.3. The first-order chi connectivity index (χ1) is 16.9. The monoisotopic (exact) mass is 519 g/mol. The quantitative estimate of drug-likeness (QED) is 0.211. The first-order valence-electron chi connectivity index (χ1n) is 10.3. The van der Waals surface area contributed by atoms with Gasteiger partial charge in [0.2, 0.25) is 10.0 Å². The van der Waals surface area contributed by atoms with Crippen molar-refractivity contribution in [2.24, 2.45) is 5.10 Å². The molecule has 36 heavy (non-hydrogen) atoms. The molecule has 0 saturated carbocycles. The topological polar surface area (TPSA) is 105 Å². The number of esters is 1. The van der Waals surface area contributed by atoms with E-state index in [1.54, 1.807) is 42.5 Å². The summed E-state index contributed by atoms with van der Waals surface area (Å²) in [4.78, 5) is 24.3. The van der Waals surface area contributed by atoms with Crippen molar-refractivity contribution in [1.29, 1.82) is 0 Å². The van der Waals surface area contributed by atoms with Crippen molar-refractivity contribution in [3.05, 3.63) is 95.6 Å². The van der Waals surface area contributed by atoms with E-state index >= 15 is 0 Å². The number of nitrogens with zero attached hydrogens (tertiary/aromatic N) is 2. The third-order valence-corrected chi connectivity index (χ3v) is 5.79. The summed E-state index contributed by atoms with van der Waals surface area (Å²) in [6.07, 6.45) is -2.65. The van der Waals surface area contributed by atoms with Gasteiger partial charge in [0, 0.05) is 0 Å². The number of rotatable bonds is 8. The summed E-state index contributed by atoms with van der Waals surface area (Å²) in [5.74, 6) is -1.11. The van der Waals surface area contributed by atoms with Gasteiger partial charge in [-0.15, -0.1) is 0 Å². The molecule has 3 rings (SSSR count). The highest BCUT2D eigenvalue weighted by Gasteiger charge is 2.32. The second-order valence-corrected chi connectivity index (χ2v) is 9.34. The Hall–Kier alpha value is -4.19. The minimum absolute atomic E-state index is 0.287. The van der Waals surface area contributed by atoms with Crippen molar-refractivity contribution >= 4 is 33.8 Å². The van der Waals surface area contributed by atoms with Crippen molar-refractivity contribution in [3.8, 4) is 5.75 Å². The maximum absolute atomic E-state index is 13.0. The fourth-order valence-electron chi connectivity index (χ4n) is 2.94. The summed E-state index contributed by atoms with van der Waals surface area (Å²) >= 11 is 0. The summed E-state index contributed by atoms with van der Waals surface area (Å²) in [6, 6.07) is 18.2. The molecule has 8 nitrogen and oxygen atoms in total. The first-order valence-corrected chi connectivity index (χ1v) is 12.1. The number of amides is 1. The number of carbonyl (C=O) groups excluding carboxylic acids is 2. The van der Waals surface area contributed by atoms with Crippen LogP contribution in [0.4, 0.5) is 18.9 Å². The molecule has 0 heterocycles. The van der Waals surface area contributed by atoms with Crippen LogP contribution in [-0.4, -0.2) is 39.3 Å². The van der Waals surface area contributed by atoms with Gasteiger partial charge in [0.15, 0.2) is 0 Å². The van der Waals surface area contributed by atoms with Crippen LogP contribution in [0.2, 0.25) is 0 Å². The molecule has 0 saturated heterocycles. The van der Waals surface area contributed by atoms with Gasteiger partial charge in [-0.1, -0.05) is 24.3 Å². The largest absolute Gasteiger partial charge is 0.423 e. The fraction of sp³-hybridized carbons (Fsp3) is 0.125. The van der Waals surface area contributed by atoms with Gasteiger partial charge >= 0.3 is 12.1 Å². The van der Waals surface area contributed by atoms with Crippen LogP contribution in [0.1, 0.15) is 21.5 Å². The van der Waals surface area contributed by atoms with E-state index in [1.165, 1.54) is 18.3 Å². The molecule has 0 aromatic heterocycles. The van der Waals surface area contributed by atoms with Crippen LogP contribution in [0.3, 0.4) is 0 Å². The van der Waals surface area contributed by atoms with E-state index in [2.05, 4.69) is 10.5 Å². The van der Waals surface area contributed by atoms with E-state index in [-0.39, 0.29) is 11.4 Å². The number of benzene rings is 3. The Morgan fingerprint density at radius 3 is 2.28 bits per heavy atom. The molecule has 0 aliphatic carbocycles. The van der Waals surface area contributed by atoms with E-state index in [0.29, 0.717) is 21.5 Å². The Labute approximate surface area is 205 Å². The van der Waals surface area contributed by atoms with E-state index in [4.69, 9.17) is 4.74 Å². The number of carbonyl (C=O) groups is 2. The number of sulfonamides is 1. The first kappa shape index (κ1) is 26.4. The number of nitrogens with one attached hydrogen (secondary N) is 1. The summed E-state index contributed by atoms with van der Waals surface area (Å²) in [5.41, 5.74) is 1.68. The number of anilines is 1. The molecule has 3 aromatic carbocycles. The number of hydrogen-bond acceptors (Lipinski definition) is 6. The van der Waals surface area contributed by atoms with Crippen molar-refractivity contribution in [1.82, 2.24) is 5.43 Å². The average molecular weight is 520 g/mol. The van der Waals surface area contributed by atoms with Crippen molar-refractivity contribution < 1.29 is 35.9 Å². The van der Waals surface area contributed by atoms with Gasteiger partial charge in [0.05, 0.1) is 29.3 Å². The Bertz CT molecular complexity index is 1360. The minimum atomic E-state index is -4.68. The lowest BCUT2D eigenvalue weighted by molar-refractivity contribution is -0.137. The predicted octanol–water partition coefficient (Wildman–Crippen LogP) is 3.84. The molecule has 12 heteroatoms. The predicted molar refractivity (Wildman–Crippen MR) is 127 cm³/mol. The lowest BCUT2D eigenvalue weighted by Crippen LogP contribution is -2.39. The van der Waals surface area contributed by atoms with E-state index in [0.717, 1.165) is 24.5 Å². The van der Waals surface area contributed by atoms with Gasteiger partial charge in [-0.2, -0.15) is 18.3 Å². The molecule has 0 bridgehead atoms. The molecular formula is C24H20F3N3O5S. The van der Waals surface area contributed by atoms with Crippen LogP contribution in [-0.2, 0) is 21.0 Å². The highest BCUT2D eigenvalue weighted by Crippen LogP contribution is 2.32. The van der Waals surface area contributed by atoms with Crippen molar-refractivity contribution in [2.75, 3.05) is 17.1 Å². The van der Waals surface area contributed by atoms with E-state index < -0.39 is 40.2 Å². The van der Waals surface area contributed by atoms with E-state index in [9.17, 15) is 31.2 Å². The Balaban J connectivity index is 1.61. The molecule has 1 N–H and O–H groups in total. The second kappa shape index (κ2) is 11.0. The molecule has 0 spiro atoms. The molecule has 188 valence electrons. The highest BCUT2D eigenvalue weighted by atomic mass is 32.2. The molecule has 0 aliphatic heterocycles. The third-order valence-electron chi connectivity index (χ3n) is 4.65. The van der Waals surface area contributed by atoms with Crippen LogP contribution < -0.4 is 14.5 Å². The van der Waals surface area contributed by atoms with E-state index in [1.807, 2.05) is 0 Å². The number of ether oxygens (including phenoxy) is 1. The molecule has 0 aliphatic rings. The zero-order valence-electron chi connectivity index (χ0n) is 18.8. The second-order valence-electron chi connectivity index (χ2n) is 7.44. The van der Waals surface area contributed by atoms with Gasteiger partial charge in [0.25, 0.3) is 5.91 Å². The highest BCUT2D eigenvalue weighted by molar-refractivity contribution is 7.92. The normalized spacial score (nSPS) is 11.8. The average Bonchev–Trinajstić information content (AvgIpc) is 2.83. The maximum atomic E-state index is 13.0. The number of hydrazone groups is 1. The van der Waals surface area contributed by atoms with Crippen LogP contribution in [0.25, 0.3) is 0 Å².